The summed E-state index contributed by atoms with van der Waals surface area (Å²) in [4.78, 5) is 0. The van der Waals surface area contributed by atoms with Crippen LogP contribution in [0.5, 0.6) is 0 Å². The lowest BCUT2D eigenvalue weighted by atomic mass is 10.0. The first kappa shape index (κ1) is 11.8. The largest absolute Gasteiger partial charge is 0.396 e. The average Bonchev–Trinajstić information content (AvgIpc) is 2.73. The van der Waals surface area contributed by atoms with Gasteiger partial charge >= 0.3 is 0 Å². The number of nitrogen functional groups attached to an aromatic ring is 1. The van der Waals surface area contributed by atoms with E-state index in [4.69, 9.17) is 5.73 Å². The third-order valence-electron chi connectivity index (χ3n) is 3.45. The number of pyridine rings is 1. The van der Waals surface area contributed by atoms with Crippen molar-refractivity contribution >= 4 is 11.2 Å². The first-order valence-electron chi connectivity index (χ1n) is 6.35. The van der Waals surface area contributed by atoms with Crippen LogP contribution in [0.2, 0.25) is 0 Å². The van der Waals surface area contributed by atoms with Crippen LogP contribution in [0.4, 0.5) is 10.1 Å². The zero-order chi connectivity index (χ0) is 13.4. The number of halogens is 1. The molecule has 2 heterocycles. The molecule has 19 heavy (non-hydrogen) atoms. The van der Waals surface area contributed by atoms with E-state index in [0.717, 1.165) is 34.4 Å². The molecule has 2 N–H and O–H groups in total. The molecular formula is C16H15FN2. The number of aryl methyl sites for hydroxylation is 1. The molecule has 0 saturated heterocycles. The van der Waals surface area contributed by atoms with Crippen LogP contribution in [0.1, 0.15) is 12.6 Å². The van der Waals surface area contributed by atoms with Crippen molar-refractivity contribution in [3.63, 3.8) is 0 Å². The maximum atomic E-state index is 13.1. The Morgan fingerprint density at radius 1 is 1.11 bits per heavy atom. The molecule has 0 bridgehead atoms. The number of nitrogens with two attached hydrogens (primary N) is 1. The van der Waals surface area contributed by atoms with Gasteiger partial charge in [0, 0.05) is 17.5 Å². The third kappa shape index (κ3) is 1.78. The van der Waals surface area contributed by atoms with Crippen LogP contribution in [0, 0.1) is 5.82 Å². The van der Waals surface area contributed by atoms with Gasteiger partial charge in [-0.15, -0.1) is 0 Å². The molecule has 0 aliphatic carbocycles. The zero-order valence-electron chi connectivity index (χ0n) is 10.7. The van der Waals surface area contributed by atoms with Crippen LogP contribution in [-0.2, 0) is 6.42 Å². The van der Waals surface area contributed by atoms with Gasteiger partial charge in [-0.3, -0.25) is 0 Å². The van der Waals surface area contributed by atoms with Crippen molar-refractivity contribution in [1.82, 2.24) is 4.40 Å². The Morgan fingerprint density at radius 2 is 1.84 bits per heavy atom. The van der Waals surface area contributed by atoms with Crippen LogP contribution in [0.25, 0.3) is 16.6 Å². The first-order chi connectivity index (χ1) is 9.22. The summed E-state index contributed by atoms with van der Waals surface area (Å²) in [5.41, 5.74) is 11.1. The molecule has 0 aliphatic heterocycles. The van der Waals surface area contributed by atoms with E-state index >= 15 is 0 Å². The minimum atomic E-state index is -0.232. The molecule has 96 valence electrons. The molecule has 2 aromatic heterocycles. The van der Waals surface area contributed by atoms with Gasteiger partial charge in [-0.25, -0.2) is 4.39 Å². The number of anilines is 1. The molecule has 3 aromatic rings. The second-order valence-corrected chi connectivity index (χ2v) is 4.55. The number of benzene rings is 1. The lowest BCUT2D eigenvalue weighted by Gasteiger charge is -2.05. The summed E-state index contributed by atoms with van der Waals surface area (Å²) >= 11 is 0. The van der Waals surface area contributed by atoms with Crippen molar-refractivity contribution in [2.24, 2.45) is 0 Å². The number of hydrogen-bond donors (Lipinski definition) is 1. The van der Waals surface area contributed by atoms with Crippen molar-refractivity contribution in [2.45, 2.75) is 13.3 Å². The number of rotatable bonds is 2. The second-order valence-electron chi connectivity index (χ2n) is 4.55. The smallest absolute Gasteiger partial charge is 0.123 e. The van der Waals surface area contributed by atoms with Gasteiger partial charge in [0.15, 0.2) is 0 Å². The van der Waals surface area contributed by atoms with Gasteiger partial charge < -0.3 is 10.1 Å². The summed E-state index contributed by atoms with van der Waals surface area (Å²) in [6.07, 6.45) is 2.88. The molecule has 0 spiro atoms. The van der Waals surface area contributed by atoms with Crippen LogP contribution in [0.3, 0.4) is 0 Å². The summed E-state index contributed by atoms with van der Waals surface area (Å²) in [5, 5.41) is 0. The molecule has 0 atom stereocenters. The van der Waals surface area contributed by atoms with Crippen molar-refractivity contribution in [3.05, 3.63) is 60.2 Å². The zero-order valence-corrected chi connectivity index (χ0v) is 10.7. The van der Waals surface area contributed by atoms with Gasteiger partial charge in [0.05, 0.1) is 11.2 Å². The molecule has 0 radical (unpaired) electrons. The van der Waals surface area contributed by atoms with Gasteiger partial charge in [-0.05, 0) is 36.2 Å². The van der Waals surface area contributed by atoms with E-state index in [1.54, 1.807) is 12.1 Å². The summed E-state index contributed by atoms with van der Waals surface area (Å²) in [7, 11) is 0. The number of aromatic nitrogens is 1. The molecule has 0 fully saturated rings. The van der Waals surface area contributed by atoms with Gasteiger partial charge in [0.2, 0.25) is 0 Å². The monoisotopic (exact) mass is 254 g/mol. The lowest BCUT2D eigenvalue weighted by Crippen LogP contribution is -1.92. The standard InChI is InChI=1S/C16H15FN2/c1-2-13-15(11-6-8-12(17)9-7-11)16(18)14-5-3-4-10-19(13)14/h3-10H,2,18H2,1H3. The minimum absolute atomic E-state index is 0.232. The van der Waals surface area contributed by atoms with E-state index in [2.05, 4.69) is 11.3 Å². The number of hydrogen-bond acceptors (Lipinski definition) is 1. The van der Waals surface area contributed by atoms with E-state index < -0.39 is 0 Å². The summed E-state index contributed by atoms with van der Waals surface area (Å²) in [5.74, 6) is -0.232. The quantitative estimate of drug-likeness (QED) is 0.739. The Hall–Kier alpha value is -2.29. The third-order valence-corrected chi connectivity index (χ3v) is 3.45. The normalized spacial score (nSPS) is 11.1. The maximum absolute atomic E-state index is 13.1. The molecule has 1 aromatic carbocycles. The molecule has 2 nitrogen and oxygen atoms in total. The first-order valence-corrected chi connectivity index (χ1v) is 6.35. The Bertz CT molecular complexity index is 726. The molecule has 0 amide bonds. The fraction of sp³-hybridized carbons (Fsp3) is 0.125. The molecule has 0 unspecified atom stereocenters. The van der Waals surface area contributed by atoms with Gasteiger partial charge in [-0.1, -0.05) is 25.1 Å². The highest BCUT2D eigenvalue weighted by Crippen LogP contribution is 2.35. The fourth-order valence-corrected chi connectivity index (χ4v) is 2.59. The van der Waals surface area contributed by atoms with E-state index in [9.17, 15) is 4.39 Å². The predicted molar refractivity (Wildman–Crippen MR) is 76.6 cm³/mol. The molecule has 0 saturated carbocycles. The number of nitrogens with zero attached hydrogens (tertiary/aromatic N) is 1. The Morgan fingerprint density at radius 3 is 2.53 bits per heavy atom. The van der Waals surface area contributed by atoms with Gasteiger partial charge in [0.25, 0.3) is 0 Å². The fourth-order valence-electron chi connectivity index (χ4n) is 2.59. The second kappa shape index (κ2) is 4.43. The van der Waals surface area contributed by atoms with Crippen LogP contribution in [-0.4, -0.2) is 4.40 Å². The highest BCUT2D eigenvalue weighted by molar-refractivity contribution is 5.90. The molecule has 0 aliphatic rings. The Labute approximate surface area is 111 Å². The van der Waals surface area contributed by atoms with Crippen molar-refractivity contribution in [1.29, 1.82) is 0 Å². The van der Waals surface area contributed by atoms with Crippen LogP contribution < -0.4 is 5.73 Å². The molecule has 3 heteroatoms. The van der Waals surface area contributed by atoms with Crippen LogP contribution >= 0.6 is 0 Å². The SMILES string of the molecule is CCc1c(-c2ccc(F)cc2)c(N)c2ccccn12. The van der Waals surface area contributed by atoms with Gasteiger partial charge in [0.1, 0.15) is 5.82 Å². The topological polar surface area (TPSA) is 30.4 Å². The highest BCUT2D eigenvalue weighted by Gasteiger charge is 2.15. The summed E-state index contributed by atoms with van der Waals surface area (Å²) in [6.45, 7) is 2.10. The highest BCUT2D eigenvalue weighted by atomic mass is 19.1. The van der Waals surface area contributed by atoms with Gasteiger partial charge in [-0.2, -0.15) is 0 Å². The summed E-state index contributed by atoms with van der Waals surface area (Å²) < 4.78 is 15.2. The van der Waals surface area contributed by atoms with Crippen molar-refractivity contribution in [3.8, 4) is 11.1 Å². The van der Waals surface area contributed by atoms with Crippen LogP contribution in [0.15, 0.2) is 48.7 Å². The molecular weight excluding hydrogens is 239 g/mol. The van der Waals surface area contributed by atoms with E-state index in [1.165, 1.54) is 12.1 Å². The minimum Gasteiger partial charge on any atom is -0.396 e. The molecule has 3 rings (SSSR count). The predicted octanol–water partition coefficient (Wildman–Crippen LogP) is 3.89. The van der Waals surface area contributed by atoms with E-state index in [-0.39, 0.29) is 5.82 Å². The maximum Gasteiger partial charge on any atom is 0.123 e. The van der Waals surface area contributed by atoms with E-state index in [0.29, 0.717) is 0 Å². The van der Waals surface area contributed by atoms with Crippen molar-refractivity contribution < 1.29 is 4.39 Å². The average molecular weight is 254 g/mol. The Balaban J connectivity index is 2.34. The van der Waals surface area contributed by atoms with Crippen molar-refractivity contribution in [2.75, 3.05) is 5.73 Å². The van der Waals surface area contributed by atoms with E-state index in [1.807, 2.05) is 24.4 Å². The summed E-state index contributed by atoms with van der Waals surface area (Å²) in [6, 6.07) is 12.5. The Kier molecular flexibility index (Phi) is 2.75. The lowest BCUT2D eigenvalue weighted by molar-refractivity contribution is 0.628. The number of fused-ring (bicyclic) bond motifs is 1.